The quantitative estimate of drug-likeness (QED) is 0.0529. The van der Waals surface area contributed by atoms with Crippen molar-refractivity contribution in [1.82, 2.24) is 0 Å². The summed E-state index contributed by atoms with van der Waals surface area (Å²) in [6.07, 6.45) is -1.01. The average molecular weight is 542 g/mol. The van der Waals surface area contributed by atoms with Crippen LogP contribution in [-0.4, -0.2) is 55.0 Å². The van der Waals surface area contributed by atoms with E-state index in [1.54, 1.807) is 0 Å². The minimum absolute atomic E-state index is 0. The summed E-state index contributed by atoms with van der Waals surface area (Å²) in [5.74, 6) is -3.89. The van der Waals surface area contributed by atoms with Crippen molar-refractivity contribution in [2.24, 2.45) is 5.16 Å². The van der Waals surface area contributed by atoms with Crippen LogP contribution in [0.25, 0.3) is 0 Å². The summed E-state index contributed by atoms with van der Waals surface area (Å²) in [6, 6.07) is 7.80. The van der Waals surface area contributed by atoms with Crippen LogP contribution in [0.1, 0.15) is 35.0 Å². The zero-order chi connectivity index (χ0) is 24.8. The second-order valence-corrected chi connectivity index (χ2v) is 8.99. The maximum atomic E-state index is 12.0. The summed E-state index contributed by atoms with van der Waals surface area (Å²) in [5.41, 5.74) is -0.346. The van der Waals surface area contributed by atoms with Crippen molar-refractivity contribution < 1.29 is 108 Å². The fourth-order valence-electron chi connectivity index (χ4n) is 2.24. The molecule has 0 aliphatic heterocycles. The van der Waals surface area contributed by atoms with Gasteiger partial charge in [0.05, 0.1) is 27.3 Å². The summed E-state index contributed by atoms with van der Waals surface area (Å²) in [7, 11) is -8.93. The zero-order valence-electron chi connectivity index (χ0n) is 18.3. The number of nitrogens with zero attached hydrogens (tertiary/aromatic N) is 1. The summed E-state index contributed by atoms with van der Waals surface area (Å²) in [6.45, 7) is 0. The van der Waals surface area contributed by atoms with Gasteiger partial charge in [-0.3, -0.25) is 13.9 Å². The molecule has 0 saturated carbocycles. The first-order valence-electron chi connectivity index (χ1n) is 8.64. The minimum atomic E-state index is -4.46. The predicted octanol–water partition coefficient (Wildman–Crippen LogP) is -1.60. The van der Waals surface area contributed by atoms with E-state index in [-0.39, 0.29) is 63.9 Å². The Hall–Kier alpha value is -2.02. The van der Waals surface area contributed by atoms with Crippen LogP contribution in [0.4, 0.5) is 0 Å². The fourth-order valence-corrected chi connectivity index (χ4v) is 3.20. The zero-order valence-corrected chi connectivity index (χ0v) is 22.1. The molecular weight excluding hydrogens is 525 g/mol. The second-order valence-electron chi connectivity index (χ2n) is 6.14. The smallest absolute Gasteiger partial charge is 1.00 e. The monoisotopic (exact) mass is 541 g/mol. The molecule has 178 valence electrons. The fraction of sp³-hybridized carbons (Fsp3) is 0.111. The number of ether oxygens (including phenoxy) is 2. The van der Waals surface area contributed by atoms with Crippen molar-refractivity contribution in [3.8, 4) is 0 Å². The molecule has 0 amide bonds. The first kappa shape index (κ1) is 30.0. The van der Waals surface area contributed by atoms with Crippen LogP contribution in [0.2, 0.25) is 0 Å². The van der Waals surface area contributed by atoms with Crippen LogP contribution in [0.5, 0.6) is 0 Å². The first-order valence-corrected chi connectivity index (χ1v) is 11.5. The normalized spacial score (nSPS) is 11.8. The van der Waals surface area contributed by atoms with Gasteiger partial charge in [0.15, 0.2) is 0 Å². The van der Waals surface area contributed by atoms with Gasteiger partial charge in [-0.05, 0) is 48.5 Å². The number of esters is 3. The third-order valence-electron chi connectivity index (χ3n) is 3.85. The van der Waals surface area contributed by atoms with Crippen LogP contribution in [-0.2, 0) is 34.5 Å². The molecule has 0 spiro atoms. The van der Waals surface area contributed by atoms with Gasteiger partial charge in [0, 0.05) is 6.42 Å². The van der Waals surface area contributed by atoms with Crippen molar-refractivity contribution in [2.75, 3.05) is 0 Å². The van der Waals surface area contributed by atoms with E-state index in [0.717, 1.165) is 48.5 Å². The summed E-state index contributed by atoms with van der Waals surface area (Å²) < 4.78 is 71.0. The average Bonchev–Trinajstić information content (AvgIpc) is 2.75. The molecule has 0 fully saturated rings. The molecule has 0 saturated heterocycles. The van der Waals surface area contributed by atoms with Gasteiger partial charge >= 0.3 is 69.3 Å². The Bertz CT molecular complexity index is 1310. The van der Waals surface area contributed by atoms with Gasteiger partial charge in [0.25, 0.3) is 20.2 Å². The number of hydrogen-bond donors (Lipinski definition) is 3. The molecule has 34 heavy (non-hydrogen) atoms. The van der Waals surface area contributed by atoms with Crippen molar-refractivity contribution in [1.29, 1.82) is 0 Å². The van der Waals surface area contributed by atoms with Gasteiger partial charge in [-0.1, -0.05) is 5.16 Å². The van der Waals surface area contributed by atoms with Crippen LogP contribution in [0.3, 0.4) is 0 Å². The molecule has 13 nitrogen and oxygen atoms in total. The molecule has 3 N–H and O–H groups in total. The van der Waals surface area contributed by atoms with Crippen LogP contribution < -0.4 is 51.4 Å². The van der Waals surface area contributed by atoms with Crippen molar-refractivity contribution in [3.63, 3.8) is 0 Å². The number of carbonyl (C=O) groups excluding carboxylic acids is 3. The van der Waals surface area contributed by atoms with Crippen molar-refractivity contribution in [3.05, 3.63) is 59.7 Å². The van der Waals surface area contributed by atoms with Crippen molar-refractivity contribution in [2.45, 2.75) is 22.6 Å². The van der Waals surface area contributed by atoms with E-state index in [1.165, 1.54) is 0 Å². The molecule has 0 radical (unpaired) electrons. The molecule has 0 heterocycles. The molecule has 0 aromatic heterocycles. The van der Waals surface area contributed by atoms with Crippen LogP contribution in [0.15, 0.2) is 63.5 Å². The number of hydrogen-bond acceptors (Lipinski definition) is 11. The molecule has 2 rings (SSSR count). The molecule has 2 aromatic carbocycles. The van der Waals surface area contributed by atoms with E-state index in [4.69, 9.17) is 19.0 Å². The summed E-state index contributed by atoms with van der Waals surface area (Å²) in [4.78, 5) is 34.8. The SMILES string of the molecule is O=C(CC/C(=N/O)OC(=O)c1ccc(S(=O)(=O)O)cc1)OC(=O)c1ccc(S(=O)(=O)O)cc1.[H-].[K+]. The standard InChI is InChI=1S/C18H15NO12S2.K.H/c20-16(31-18(22)12-3-7-14(8-4-12)33(27,28)29)10-9-15(19-23)30-17(21)11-1-5-13(6-2-11)32(24,25)26;;/h1-8,23H,9-10H2,(H,24,25,26)(H,27,28,29);;/q;+1;-1/b19-15-;;. The maximum absolute atomic E-state index is 12.0. The van der Waals surface area contributed by atoms with E-state index < -0.39 is 66.7 Å². The second kappa shape index (κ2) is 12.6. The van der Waals surface area contributed by atoms with Crippen molar-refractivity contribution >= 4 is 44.0 Å². The third kappa shape index (κ3) is 8.97. The minimum Gasteiger partial charge on any atom is -1.00 e. The number of carbonyl (C=O) groups is 3. The van der Waals surface area contributed by atoms with Gasteiger partial charge in [0.1, 0.15) is 0 Å². The van der Waals surface area contributed by atoms with E-state index >= 15 is 0 Å². The Morgan fingerprint density at radius 1 is 0.735 bits per heavy atom. The maximum Gasteiger partial charge on any atom is 1.00 e. The van der Waals surface area contributed by atoms with Crippen LogP contribution in [0, 0.1) is 0 Å². The van der Waals surface area contributed by atoms with E-state index in [2.05, 4.69) is 9.89 Å². The molecule has 2 aromatic rings. The molecule has 0 unspecified atom stereocenters. The van der Waals surface area contributed by atoms with Gasteiger partial charge in [0.2, 0.25) is 5.90 Å². The molecule has 0 bridgehead atoms. The molecule has 0 aliphatic carbocycles. The summed E-state index contributed by atoms with van der Waals surface area (Å²) >= 11 is 0. The first-order chi connectivity index (χ1) is 15.3. The third-order valence-corrected chi connectivity index (χ3v) is 5.58. The Balaban J connectivity index is 0.00000578. The topological polar surface area (TPSA) is 211 Å². The summed E-state index contributed by atoms with van der Waals surface area (Å²) in [5, 5.41) is 11.7. The Labute approximate surface area is 237 Å². The molecular formula is C18H16KNO12S2. The predicted molar refractivity (Wildman–Crippen MR) is 108 cm³/mol. The van der Waals surface area contributed by atoms with Gasteiger partial charge < -0.3 is 16.1 Å². The number of oxime groups is 1. The Morgan fingerprint density at radius 3 is 1.47 bits per heavy atom. The van der Waals surface area contributed by atoms with Gasteiger partial charge in [-0.2, -0.15) is 16.8 Å². The van der Waals surface area contributed by atoms with Gasteiger partial charge in [-0.25, -0.2) is 9.59 Å². The number of benzene rings is 2. The van der Waals surface area contributed by atoms with Crippen LogP contribution >= 0.6 is 0 Å². The van der Waals surface area contributed by atoms with E-state index in [1.807, 2.05) is 0 Å². The largest absolute Gasteiger partial charge is 1.00 e. The van der Waals surface area contributed by atoms with E-state index in [0.29, 0.717) is 0 Å². The Morgan fingerprint density at radius 2 is 1.12 bits per heavy atom. The molecule has 16 heteroatoms. The van der Waals surface area contributed by atoms with E-state index in [9.17, 15) is 31.2 Å². The molecule has 0 aliphatic rings. The Kier molecular flexibility index (Phi) is 11.1. The number of rotatable bonds is 7. The molecule has 0 atom stereocenters. The van der Waals surface area contributed by atoms with Gasteiger partial charge in [-0.15, -0.1) is 0 Å².